The van der Waals surface area contributed by atoms with Crippen LogP contribution in [-0.4, -0.2) is 21.2 Å². The van der Waals surface area contributed by atoms with E-state index in [1.807, 2.05) is 18.2 Å². The third-order valence-electron chi connectivity index (χ3n) is 4.80. The number of rotatable bonds is 4. The van der Waals surface area contributed by atoms with Crippen molar-refractivity contribution in [1.29, 1.82) is 0 Å². The van der Waals surface area contributed by atoms with Crippen LogP contribution in [0.4, 0.5) is 0 Å². The van der Waals surface area contributed by atoms with Gasteiger partial charge in [0.2, 0.25) is 0 Å². The van der Waals surface area contributed by atoms with Gasteiger partial charge < -0.3 is 5.84 Å². The highest BCUT2D eigenvalue weighted by Gasteiger charge is 2.26. The van der Waals surface area contributed by atoms with Gasteiger partial charge in [-0.3, -0.25) is 9.59 Å². The van der Waals surface area contributed by atoms with Gasteiger partial charge in [-0.25, -0.2) is 9.66 Å². The Morgan fingerprint density at radius 1 is 1.38 bits per heavy atom. The molecule has 0 unspecified atom stereocenters. The van der Waals surface area contributed by atoms with Crippen molar-refractivity contribution in [2.45, 2.75) is 37.3 Å². The predicted molar refractivity (Wildman–Crippen MR) is 107 cm³/mol. The summed E-state index contributed by atoms with van der Waals surface area (Å²) < 4.78 is 1.10. The van der Waals surface area contributed by atoms with Crippen LogP contribution < -0.4 is 11.4 Å². The predicted octanol–water partition coefficient (Wildman–Crippen LogP) is 3.59. The molecule has 1 atom stereocenters. The number of ketones is 1. The van der Waals surface area contributed by atoms with E-state index in [0.29, 0.717) is 22.0 Å². The van der Waals surface area contributed by atoms with Crippen LogP contribution in [0.25, 0.3) is 10.2 Å². The summed E-state index contributed by atoms with van der Waals surface area (Å²) in [5.41, 5.74) is 1.56. The van der Waals surface area contributed by atoms with Crippen LogP contribution in [0.5, 0.6) is 0 Å². The molecule has 26 heavy (non-hydrogen) atoms. The first-order chi connectivity index (χ1) is 12.6. The lowest BCUT2D eigenvalue weighted by molar-refractivity contribution is 0.102. The summed E-state index contributed by atoms with van der Waals surface area (Å²) in [5, 5.41) is 1.05. The maximum atomic E-state index is 12.8. The summed E-state index contributed by atoms with van der Waals surface area (Å²) in [6, 6.07) is 9.10. The average Bonchev–Trinajstić information content (AvgIpc) is 3.03. The van der Waals surface area contributed by atoms with Crippen molar-refractivity contribution in [2.24, 2.45) is 0 Å². The topological polar surface area (TPSA) is 78.0 Å². The van der Waals surface area contributed by atoms with Gasteiger partial charge in [0.05, 0.1) is 11.1 Å². The molecule has 7 heteroatoms. The molecule has 1 aliphatic rings. The first-order valence-electron chi connectivity index (χ1n) is 8.60. The van der Waals surface area contributed by atoms with Crippen LogP contribution in [0.2, 0.25) is 0 Å². The fourth-order valence-corrected chi connectivity index (χ4v) is 5.66. The quantitative estimate of drug-likeness (QED) is 0.321. The molecule has 0 aliphatic heterocycles. The Bertz CT molecular complexity index is 1040. The summed E-state index contributed by atoms with van der Waals surface area (Å²) in [4.78, 5) is 31.8. The average molecular weight is 386 g/mol. The van der Waals surface area contributed by atoms with Gasteiger partial charge in [0.15, 0.2) is 10.9 Å². The molecule has 1 aromatic carbocycles. The van der Waals surface area contributed by atoms with E-state index in [1.165, 1.54) is 16.6 Å². The highest BCUT2D eigenvalue weighted by Crippen LogP contribution is 2.40. The number of carbonyl (C=O) groups is 1. The van der Waals surface area contributed by atoms with Crippen LogP contribution in [0.3, 0.4) is 0 Å². The number of thioether (sulfide) groups is 1. The van der Waals surface area contributed by atoms with Crippen LogP contribution in [0.1, 0.15) is 46.5 Å². The minimum Gasteiger partial charge on any atom is -0.334 e. The standard InChI is InChI=1S/C19H19N3O2S2/c1-11-6-5-9-14-15(11)16-17(26-14)21-19(22(20)18(16)24)25-10-13(23)12-7-3-2-4-8-12/h2-4,7-8,11H,5-6,9-10,20H2,1H3/t11-/m1/s1. The summed E-state index contributed by atoms with van der Waals surface area (Å²) in [6.07, 6.45) is 3.23. The largest absolute Gasteiger partial charge is 0.334 e. The number of aryl methyl sites for hydroxylation is 1. The highest BCUT2D eigenvalue weighted by molar-refractivity contribution is 7.99. The molecule has 4 rings (SSSR count). The first kappa shape index (κ1) is 17.3. The zero-order valence-electron chi connectivity index (χ0n) is 14.4. The van der Waals surface area contributed by atoms with E-state index < -0.39 is 0 Å². The molecule has 0 fully saturated rings. The van der Waals surface area contributed by atoms with Gasteiger partial charge in [0.1, 0.15) is 4.83 Å². The second-order valence-corrected chi connectivity index (χ2v) is 8.59. The van der Waals surface area contributed by atoms with E-state index in [2.05, 4.69) is 11.9 Å². The second kappa shape index (κ2) is 6.89. The maximum Gasteiger partial charge on any atom is 0.281 e. The van der Waals surface area contributed by atoms with Crippen molar-refractivity contribution in [1.82, 2.24) is 9.66 Å². The van der Waals surface area contributed by atoms with Crippen molar-refractivity contribution in [3.8, 4) is 0 Å². The number of nitrogen functional groups attached to an aromatic ring is 1. The number of hydrogen-bond acceptors (Lipinski definition) is 6. The lowest BCUT2D eigenvalue weighted by atomic mass is 9.88. The molecular weight excluding hydrogens is 366 g/mol. The minimum atomic E-state index is -0.212. The number of Topliss-reactive ketones (excluding diaryl/α,β-unsaturated/α-hetero) is 1. The van der Waals surface area contributed by atoms with Crippen molar-refractivity contribution in [3.05, 3.63) is 56.7 Å². The van der Waals surface area contributed by atoms with Crippen LogP contribution in [-0.2, 0) is 6.42 Å². The van der Waals surface area contributed by atoms with Crippen molar-refractivity contribution >= 4 is 39.1 Å². The summed E-state index contributed by atoms with van der Waals surface area (Å²) >= 11 is 2.80. The number of nitrogens with zero attached hydrogens (tertiary/aromatic N) is 2. The van der Waals surface area contributed by atoms with E-state index in [0.717, 1.165) is 34.3 Å². The van der Waals surface area contributed by atoms with Crippen LogP contribution in [0.15, 0.2) is 40.3 Å². The third kappa shape index (κ3) is 2.95. The fraction of sp³-hybridized carbons (Fsp3) is 0.316. The monoisotopic (exact) mass is 385 g/mol. The molecule has 1 aliphatic carbocycles. The van der Waals surface area contributed by atoms with Crippen molar-refractivity contribution < 1.29 is 4.79 Å². The van der Waals surface area contributed by atoms with Gasteiger partial charge in [-0.15, -0.1) is 11.3 Å². The number of aromatic nitrogens is 2. The smallest absolute Gasteiger partial charge is 0.281 e. The lowest BCUT2D eigenvalue weighted by Gasteiger charge is -2.18. The number of carbonyl (C=O) groups excluding carboxylic acids is 1. The molecule has 0 saturated carbocycles. The number of thiophene rings is 1. The molecule has 0 spiro atoms. The van der Waals surface area contributed by atoms with Gasteiger partial charge in [0, 0.05) is 10.4 Å². The molecule has 0 bridgehead atoms. The fourth-order valence-electron chi connectivity index (χ4n) is 3.47. The Morgan fingerprint density at radius 3 is 2.92 bits per heavy atom. The summed E-state index contributed by atoms with van der Waals surface area (Å²) in [7, 11) is 0. The number of hydrogen-bond donors (Lipinski definition) is 1. The minimum absolute atomic E-state index is 0.0101. The molecule has 0 amide bonds. The normalized spacial score (nSPS) is 16.6. The highest BCUT2D eigenvalue weighted by atomic mass is 32.2. The van der Waals surface area contributed by atoms with E-state index in [9.17, 15) is 9.59 Å². The van der Waals surface area contributed by atoms with Crippen LogP contribution in [0, 0.1) is 0 Å². The zero-order chi connectivity index (χ0) is 18.3. The Kier molecular flexibility index (Phi) is 4.58. The van der Waals surface area contributed by atoms with Gasteiger partial charge in [-0.1, -0.05) is 49.0 Å². The van der Waals surface area contributed by atoms with Gasteiger partial charge in [-0.2, -0.15) is 0 Å². The molecule has 5 nitrogen and oxygen atoms in total. The van der Waals surface area contributed by atoms with Crippen molar-refractivity contribution in [3.63, 3.8) is 0 Å². The number of fused-ring (bicyclic) bond motifs is 3. The van der Waals surface area contributed by atoms with E-state index in [-0.39, 0.29) is 17.1 Å². The van der Waals surface area contributed by atoms with Crippen molar-refractivity contribution in [2.75, 3.05) is 11.6 Å². The molecule has 0 radical (unpaired) electrons. The third-order valence-corrected chi connectivity index (χ3v) is 6.91. The lowest BCUT2D eigenvalue weighted by Crippen LogP contribution is -2.30. The summed E-state index contributed by atoms with van der Waals surface area (Å²) in [6.45, 7) is 2.16. The van der Waals surface area contributed by atoms with Gasteiger partial charge >= 0.3 is 0 Å². The van der Waals surface area contributed by atoms with E-state index in [4.69, 9.17) is 5.84 Å². The molecule has 2 N–H and O–H groups in total. The molecule has 2 heterocycles. The molecular formula is C19H19N3O2S2. The Balaban J connectivity index is 1.68. The maximum absolute atomic E-state index is 12.8. The van der Waals surface area contributed by atoms with Gasteiger partial charge in [-0.05, 0) is 30.7 Å². The zero-order valence-corrected chi connectivity index (χ0v) is 16.0. The van der Waals surface area contributed by atoms with Gasteiger partial charge in [0.25, 0.3) is 5.56 Å². The number of benzene rings is 1. The molecule has 3 aromatic rings. The number of nitrogens with two attached hydrogens (primary N) is 1. The summed E-state index contributed by atoms with van der Waals surface area (Å²) in [5.74, 6) is 6.57. The molecule has 0 saturated heterocycles. The van der Waals surface area contributed by atoms with Crippen LogP contribution >= 0.6 is 23.1 Å². The SMILES string of the molecule is C[C@@H]1CCCc2sc3nc(SCC(=O)c4ccccc4)n(N)c(=O)c3c21. The van der Waals surface area contributed by atoms with E-state index in [1.54, 1.807) is 23.5 Å². The second-order valence-electron chi connectivity index (χ2n) is 6.56. The molecule has 2 aromatic heterocycles. The van der Waals surface area contributed by atoms with E-state index >= 15 is 0 Å². The Hall–Kier alpha value is -2.12. The Morgan fingerprint density at radius 2 is 2.15 bits per heavy atom. The Labute approximate surface area is 159 Å². The first-order valence-corrected chi connectivity index (χ1v) is 10.4. The molecule has 134 valence electrons.